The van der Waals surface area contributed by atoms with Crippen molar-refractivity contribution in [3.63, 3.8) is 0 Å². The molecule has 0 unspecified atom stereocenters. The van der Waals surface area contributed by atoms with E-state index in [9.17, 15) is 4.79 Å². The molecule has 0 saturated carbocycles. The van der Waals surface area contributed by atoms with Gasteiger partial charge in [-0.05, 0) is 52.9 Å². The Bertz CT molecular complexity index is 851. The Balaban J connectivity index is 1.66. The van der Waals surface area contributed by atoms with Gasteiger partial charge in [0, 0.05) is 14.8 Å². The first-order valence-electron chi connectivity index (χ1n) is 6.96. The SMILES string of the molecule is COc1ccc(NC(=O)Nc2nnc(-c3ccccc3I)s2)cc1. The lowest BCUT2D eigenvalue weighted by Crippen LogP contribution is -2.19. The van der Waals surface area contributed by atoms with Crippen LogP contribution in [0.15, 0.2) is 48.5 Å². The van der Waals surface area contributed by atoms with E-state index in [-0.39, 0.29) is 6.03 Å². The average Bonchev–Trinajstić information content (AvgIpc) is 3.04. The van der Waals surface area contributed by atoms with Gasteiger partial charge in [-0.15, -0.1) is 10.2 Å². The molecule has 8 heteroatoms. The topological polar surface area (TPSA) is 76.1 Å². The van der Waals surface area contributed by atoms with Crippen LogP contribution in [-0.2, 0) is 0 Å². The van der Waals surface area contributed by atoms with Crippen LogP contribution in [0.4, 0.5) is 15.6 Å². The maximum atomic E-state index is 12.0. The van der Waals surface area contributed by atoms with Crippen LogP contribution < -0.4 is 15.4 Å². The standard InChI is InChI=1S/C16H13IN4O2S/c1-23-11-8-6-10(7-9-11)18-15(22)19-16-21-20-14(24-16)12-4-2-3-5-13(12)17/h2-9H,1H3,(H2,18,19,21,22). The number of nitrogens with zero attached hydrogens (tertiary/aromatic N) is 2. The Morgan fingerprint density at radius 2 is 1.83 bits per heavy atom. The maximum absolute atomic E-state index is 12.0. The predicted octanol–water partition coefficient (Wildman–Crippen LogP) is 4.46. The molecule has 6 nitrogen and oxygen atoms in total. The summed E-state index contributed by atoms with van der Waals surface area (Å²) in [6.07, 6.45) is 0. The minimum atomic E-state index is -0.370. The van der Waals surface area contributed by atoms with Gasteiger partial charge in [0.15, 0.2) is 5.01 Å². The molecule has 1 aromatic heterocycles. The first kappa shape index (κ1) is 16.7. The molecule has 3 aromatic rings. The van der Waals surface area contributed by atoms with E-state index in [0.717, 1.165) is 19.9 Å². The monoisotopic (exact) mass is 452 g/mol. The molecule has 0 aliphatic rings. The molecule has 0 aliphatic carbocycles. The Hall–Kier alpha value is -2.20. The smallest absolute Gasteiger partial charge is 0.325 e. The summed E-state index contributed by atoms with van der Waals surface area (Å²) in [4.78, 5) is 12.0. The second-order valence-corrected chi connectivity index (χ2v) is 6.84. The first-order valence-corrected chi connectivity index (χ1v) is 8.85. The third-order valence-electron chi connectivity index (χ3n) is 3.10. The van der Waals surface area contributed by atoms with Gasteiger partial charge in [0.2, 0.25) is 5.13 Å². The number of methoxy groups -OCH3 is 1. The molecular weight excluding hydrogens is 439 g/mol. The van der Waals surface area contributed by atoms with Crippen LogP contribution in [-0.4, -0.2) is 23.3 Å². The summed E-state index contributed by atoms with van der Waals surface area (Å²) in [7, 11) is 1.59. The number of carbonyl (C=O) groups is 1. The van der Waals surface area contributed by atoms with E-state index in [1.54, 1.807) is 31.4 Å². The van der Waals surface area contributed by atoms with Gasteiger partial charge >= 0.3 is 6.03 Å². The molecular formula is C16H13IN4O2S. The van der Waals surface area contributed by atoms with Crippen LogP contribution in [0.3, 0.4) is 0 Å². The Morgan fingerprint density at radius 1 is 1.08 bits per heavy atom. The highest BCUT2D eigenvalue weighted by molar-refractivity contribution is 14.1. The first-order chi connectivity index (χ1) is 11.7. The van der Waals surface area contributed by atoms with Crippen LogP contribution in [0.2, 0.25) is 0 Å². The van der Waals surface area contributed by atoms with Crippen molar-refractivity contribution in [2.75, 3.05) is 17.7 Å². The molecule has 3 rings (SSSR count). The van der Waals surface area contributed by atoms with Gasteiger partial charge < -0.3 is 10.1 Å². The van der Waals surface area contributed by atoms with Gasteiger partial charge in [0.1, 0.15) is 5.75 Å². The largest absolute Gasteiger partial charge is 0.497 e. The van der Waals surface area contributed by atoms with E-state index in [1.165, 1.54) is 11.3 Å². The number of hydrogen-bond donors (Lipinski definition) is 2. The van der Waals surface area contributed by atoms with Gasteiger partial charge in [-0.25, -0.2) is 4.79 Å². The van der Waals surface area contributed by atoms with E-state index in [1.807, 2.05) is 24.3 Å². The van der Waals surface area contributed by atoms with Crippen molar-refractivity contribution in [2.45, 2.75) is 0 Å². The summed E-state index contributed by atoms with van der Waals surface area (Å²) < 4.78 is 6.16. The lowest BCUT2D eigenvalue weighted by molar-refractivity contribution is 0.262. The normalized spacial score (nSPS) is 10.2. The number of nitrogens with one attached hydrogen (secondary N) is 2. The number of aromatic nitrogens is 2. The zero-order chi connectivity index (χ0) is 16.9. The number of anilines is 2. The molecule has 1 heterocycles. The molecule has 0 fully saturated rings. The highest BCUT2D eigenvalue weighted by atomic mass is 127. The second-order valence-electron chi connectivity index (χ2n) is 4.70. The fourth-order valence-electron chi connectivity index (χ4n) is 1.95. The van der Waals surface area contributed by atoms with E-state index >= 15 is 0 Å². The van der Waals surface area contributed by atoms with Crippen molar-refractivity contribution in [2.24, 2.45) is 0 Å². The molecule has 122 valence electrons. The van der Waals surface area contributed by atoms with Crippen LogP contribution in [0, 0.1) is 3.57 Å². The molecule has 2 N–H and O–H groups in total. The van der Waals surface area contributed by atoms with Crippen molar-refractivity contribution in [1.82, 2.24) is 10.2 Å². The summed E-state index contributed by atoms with van der Waals surface area (Å²) in [5.74, 6) is 0.729. The minimum absolute atomic E-state index is 0.370. The molecule has 2 aromatic carbocycles. The molecule has 0 saturated heterocycles. The van der Waals surface area contributed by atoms with Gasteiger partial charge in [-0.2, -0.15) is 0 Å². The number of halogens is 1. The summed E-state index contributed by atoms with van der Waals surface area (Å²) in [6.45, 7) is 0. The number of hydrogen-bond acceptors (Lipinski definition) is 5. The number of benzene rings is 2. The maximum Gasteiger partial charge on any atom is 0.325 e. The minimum Gasteiger partial charge on any atom is -0.497 e. The van der Waals surface area contributed by atoms with E-state index in [4.69, 9.17) is 4.74 Å². The Morgan fingerprint density at radius 3 is 2.54 bits per heavy atom. The van der Waals surface area contributed by atoms with Crippen molar-refractivity contribution in [1.29, 1.82) is 0 Å². The second kappa shape index (κ2) is 7.58. The summed E-state index contributed by atoms with van der Waals surface area (Å²) in [6, 6.07) is 14.6. The number of urea groups is 1. The quantitative estimate of drug-likeness (QED) is 0.574. The van der Waals surface area contributed by atoms with E-state index < -0.39 is 0 Å². The van der Waals surface area contributed by atoms with Crippen LogP contribution in [0.25, 0.3) is 10.6 Å². The van der Waals surface area contributed by atoms with Gasteiger partial charge in [0.05, 0.1) is 7.11 Å². The predicted molar refractivity (Wildman–Crippen MR) is 104 cm³/mol. The zero-order valence-electron chi connectivity index (χ0n) is 12.6. The summed E-state index contributed by atoms with van der Waals surface area (Å²) in [5, 5.41) is 14.8. The van der Waals surface area contributed by atoms with Crippen LogP contribution >= 0.6 is 33.9 Å². The van der Waals surface area contributed by atoms with E-state index in [2.05, 4.69) is 43.4 Å². The summed E-state index contributed by atoms with van der Waals surface area (Å²) >= 11 is 3.57. The molecule has 24 heavy (non-hydrogen) atoms. The van der Waals surface area contributed by atoms with Crippen molar-refractivity contribution in [3.05, 3.63) is 52.1 Å². The zero-order valence-corrected chi connectivity index (χ0v) is 15.6. The van der Waals surface area contributed by atoms with Gasteiger partial charge in [0.25, 0.3) is 0 Å². The van der Waals surface area contributed by atoms with Crippen LogP contribution in [0.1, 0.15) is 0 Å². The fraction of sp³-hybridized carbons (Fsp3) is 0.0625. The molecule has 2 amide bonds. The Labute approximate surface area is 156 Å². The molecule has 0 atom stereocenters. The lowest BCUT2D eigenvalue weighted by atomic mass is 10.2. The van der Waals surface area contributed by atoms with E-state index in [0.29, 0.717) is 10.8 Å². The van der Waals surface area contributed by atoms with Crippen molar-refractivity contribution in [3.8, 4) is 16.3 Å². The molecule has 0 radical (unpaired) electrons. The summed E-state index contributed by atoms with van der Waals surface area (Å²) in [5.41, 5.74) is 1.66. The average molecular weight is 452 g/mol. The molecule has 0 bridgehead atoms. The number of rotatable bonds is 4. The van der Waals surface area contributed by atoms with Gasteiger partial charge in [-0.1, -0.05) is 29.5 Å². The molecule has 0 aliphatic heterocycles. The van der Waals surface area contributed by atoms with Crippen molar-refractivity contribution < 1.29 is 9.53 Å². The third-order valence-corrected chi connectivity index (χ3v) is 4.91. The number of ether oxygens (including phenoxy) is 1. The van der Waals surface area contributed by atoms with Gasteiger partial charge in [-0.3, -0.25) is 5.32 Å². The van der Waals surface area contributed by atoms with Crippen LogP contribution in [0.5, 0.6) is 5.75 Å². The highest BCUT2D eigenvalue weighted by Gasteiger charge is 2.11. The van der Waals surface area contributed by atoms with Crippen molar-refractivity contribution >= 4 is 50.8 Å². The number of amides is 2. The molecule has 0 spiro atoms. The highest BCUT2D eigenvalue weighted by Crippen LogP contribution is 2.29. The third kappa shape index (κ3) is 4.01. The lowest BCUT2D eigenvalue weighted by Gasteiger charge is -2.05. The Kier molecular flexibility index (Phi) is 5.26. The number of carbonyl (C=O) groups excluding carboxylic acids is 1. The fourth-order valence-corrected chi connectivity index (χ4v) is 3.56.